The van der Waals surface area contributed by atoms with Crippen LogP contribution in [0.25, 0.3) is 0 Å². The Hall–Kier alpha value is -1.69. The Morgan fingerprint density at radius 3 is 2.68 bits per heavy atom. The topological polar surface area (TPSA) is 75.6 Å². The average Bonchev–Trinajstić information content (AvgIpc) is 2.41. The molecule has 0 atom stereocenters. The zero-order chi connectivity index (χ0) is 13.9. The van der Waals surface area contributed by atoms with Gasteiger partial charge in [0.1, 0.15) is 12.4 Å². The maximum absolute atomic E-state index is 11.4. The molecule has 1 aromatic rings. The Balaban J connectivity index is 2.00. The molecule has 104 valence electrons. The van der Waals surface area contributed by atoms with E-state index in [0.29, 0.717) is 18.9 Å². The number of benzene rings is 1. The Labute approximate surface area is 116 Å². The summed E-state index contributed by atoms with van der Waals surface area (Å²) in [5.41, 5.74) is 0. The van der Waals surface area contributed by atoms with E-state index in [4.69, 9.17) is 9.84 Å². The van der Waals surface area contributed by atoms with Crippen molar-refractivity contribution in [3.63, 3.8) is 0 Å². The number of amides is 1. The first kappa shape index (κ1) is 15.4. The van der Waals surface area contributed by atoms with Gasteiger partial charge < -0.3 is 15.2 Å². The van der Waals surface area contributed by atoms with Gasteiger partial charge >= 0.3 is 5.97 Å². The van der Waals surface area contributed by atoms with Crippen LogP contribution in [0.1, 0.15) is 6.42 Å². The minimum Gasteiger partial charge on any atom is -0.492 e. The molecule has 0 fully saturated rings. The first-order valence-corrected chi connectivity index (χ1v) is 7.08. The van der Waals surface area contributed by atoms with Gasteiger partial charge in [0, 0.05) is 5.75 Å². The Kier molecular flexibility index (Phi) is 7.50. The van der Waals surface area contributed by atoms with Crippen LogP contribution in [-0.2, 0) is 9.59 Å². The minimum absolute atomic E-state index is 0.0784. The minimum atomic E-state index is -0.843. The molecule has 0 saturated heterocycles. The zero-order valence-electron chi connectivity index (χ0n) is 10.5. The SMILES string of the molecule is O=C(O)CCSCC(=O)NCCOc1ccccc1. The molecule has 0 aliphatic carbocycles. The van der Waals surface area contributed by atoms with Gasteiger partial charge in [-0.15, -0.1) is 0 Å². The molecule has 0 unspecified atom stereocenters. The summed E-state index contributed by atoms with van der Waals surface area (Å²) in [6.45, 7) is 0.850. The number of carboxylic acids is 1. The van der Waals surface area contributed by atoms with E-state index in [2.05, 4.69) is 5.32 Å². The van der Waals surface area contributed by atoms with Gasteiger partial charge in [-0.1, -0.05) is 18.2 Å². The van der Waals surface area contributed by atoms with Gasteiger partial charge in [0.05, 0.1) is 18.7 Å². The van der Waals surface area contributed by atoms with Crippen molar-refractivity contribution in [2.24, 2.45) is 0 Å². The second kappa shape index (κ2) is 9.27. The van der Waals surface area contributed by atoms with Gasteiger partial charge in [0.25, 0.3) is 0 Å². The third-order valence-corrected chi connectivity index (χ3v) is 3.09. The molecule has 5 nitrogen and oxygen atoms in total. The van der Waals surface area contributed by atoms with Crippen LogP contribution in [0.5, 0.6) is 5.75 Å². The van der Waals surface area contributed by atoms with Crippen LogP contribution in [-0.4, -0.2) is 41.6 Å². The lowest BCUT2D eigenvalue weighted by Gasteiger charge is -2.07. The Morgan fingerprint density at radius 2 is 2.00 bits per heavy atom. The lowest BCUT2D eigenvalue weighted by atomic mass is 10.3. The molecule has 19 heavy (non-hydrogen) atoms. The second-order valence-electron chi connectivity index (χ2n) is 3.71. The smallest absolute Gasteiger partial charge is 0.304 e. The van der Waals surface area contributed by atoms with Crippen LogP contribution in [0.2, 0.25) is 0 Å². The summed E-state index contributed by atoms with van der Waals surface area (Å²) in [6.07, 6.45) is 0.0784. The molecule has 0 aromatic heterocycles. The average molecular weight is 283 g/mol. The van der Waals surface area contributed by atoms with Gasteiger partial charge in [-0.2, -0.15) is 11.8 Å². The van der Waals surface area contributed by atoms with Gasteiger partial charge in [0.15, 0.2) is 0 Å². The van der Waals surface area contributed by atoms with E-state index in [-0.39, 0.29) is 18.1 Å². The second-order valence-corrected chi connectivity index (χ2v) is 4.81. The number of hydrogen-bond acceptors (Lipinski definition) is 4. The normalized spacial score (nSPS) is 9.89. The quantitative estimate of drug-likeness (QED) is 0.670. The van der Waals surface area contributed by atoms with Crippen molar-refractivity contribution in [3.05, 3.63) is 30.3 Å². The summed E-state index contributed by atoms with van der Waals surface area (Å²) in [5, 5.41) is 11.1. The number of nitrogens with one attached hydrogen (secondary N) is 1. The molecule has 0 bridgehead atoms. The van der Waals surface area contributed by atoms with E-state index in [1.165, 1.54) is 11.8 Å². The summed E-state index contributed by atoms with van der Waals surface area (Å²) in [7, 11) is 0. The fourth-order valence-corrected chi connectivity index (χ4v) is 2.00. The molecule has 0 radical (unpaired) electrons. The molecule has 2 N–H and O–H groups in total. The Bertz CT molecular complexity index is 397. The van der Waals surface area contributed by atoms with Gasteiger partial charge in [-0.05, 0) is 12.1 Å². The molecule has 0 aliphatic rings. The number of ether oxygens (including phenoxy) is 1. The third-order valence-electron chi connectivity index (χ3n) is 2.13. The van der Waals surface area contributed by atoms with Crippen molar-refractivity contribution in [1.82, 2.24) is 5.32 Å². The molecule has 1 rings (SSSR count). The molecule has 0 spiro atoms. The number of thioether (sulfide) groups is 1. The van der Waals surface area contributed by atoms with Gasteiger partial charge in [-0.25, -0.2) is 0 Å². The number of hydrogen-bond donors (Lipinski definition) is 2. The van der Waals surface area contributed by atoms with Crippen LogP contribution in [0.3, 0.4) is 0 Å². The van der Waals surface area contributed by atoms with Crippen molar-refractivity contribution >= 4 is 23.6 Å². The molecule has 1 aromatic carbocycles. The molecule has 0 aliphatic heterocycles. The third kappa shape index (κ3) is 8.10. The summed E-state index contributed by atoms with van der Waals surface area (Å²) >= 11 is 1.31. The highest BCUT2D eigenvalue weighted by Gasteiger charge is 2.02. The van der Waals surface area contributed by atoms with Crippen LogP contribution < -0.4 is 10.1 Å². The lowest BCUT2D eigenvalue weighted by molar-refractivity contribution is -0.136. The summed E-state index contributed by atoms with van der Waals surface area (Å²) in [6, 6.07) is 9.37. The first-order chi connectivity index (χ1) is 9.18. The number of aliphatic carboxylic acids is 1. The maximum Gasteiger partial charge on any atom is 0.304 e. The zero-order valence-corrected chi connectivity index (χ0v) is 11.3. The van der Waals surface area contributed by atoms with Crippen molar-refractivity contribution in [2.45, 2.75) is 6.42 Å². The predicted molar refractivity (Wildman–Crippen MR) is 74.5 cm³/mol. The van der Waals surface area contributed by atoms with Crippen LogP contribution >= 0.6 is 11.8 Å². The number of carbonyl (C=O) groups is 2. The van der Waals surface area contributed by atoms with Gasteiger partial charge in [-0.3, -0.25) is 9.59 Å². The van der Waals surface area contributed by atoms with Crippen molar-refractivity contribution in [2.75, 3.05) is 24.7 Å². The molecule has 6 heteroatoms. The lowest BCUT2D eigenvalue weighted by Crippen LogP contribution is -2.29. The largest absolute Gasteiger partial charge is 0.492 e. The van der Waals surface area contributed by atoms with E-state index < -0.39 is 5.97 Å². The monoisotopic (exact) mass is 283 g/mol. The number of para-hydroxylation sites is 1. The summed E-state index contributed by atoms with van der Waals surface area (Å²) in [4.78, 5) is 21.6. The maximum atomic E-state index is 11.4. The Morgan fingerprint density at radius 1 is 1.26 bits per heavy atom. The number of carbonyl (C=O) groups excluding carboxylic acids is 1. The van der Waals surface area contributed by atoms with Crippen LogP contribution in [0, 0.1) is 0 Å². The molecular weight excluding hydrogens is 266 g/mol. The molecule has 0 heterocycles. The molecule has 1 amide bonds. The molecule has 0 saturated carbocycles. The number of carboxylic acid groups (broad SMARTS) is 1. The highest BCUT2D eigenvalue weighted by Crippen LogP contribution is 2.07. The summed E-state index contributed by atoms with van der Waals surface area (Å²) < 4.78 is 5.41. The standard InChI is InChI=1S/C13H17NO4S/c15-12(10-19-9-6-13(16)17)14-7-8-18-11-4-2-1-3-5-11/h1-5H,6-10H2,(H,14,15)(H,16,17). The fraction of sp³-hybridized carbons (Fsp3) is 0.385. The van der Waals surface area contributed by atoms with Crippen molar-refractivity contribution in [1.29, 1.82) is 0 Å². The summed E-state index contributed by atoms with van der Waals surface area (Å²) in [5.74, 6) is 0.547. The van der Waals surface area contributed by atoms with E-state index in [1.54, 1.807) is 0 Å². The van der Waals surface area contributed by atoms with Crippen molar-refractivity contribution in [3.8, 4) is 5.75 Å². The number of rotatable bonds is 9. The van der Waals surface area contributed by atoms with Crippen LogP contribution in [0.15, 0.2) is 30.3 Å². The fourth-order valence-electron chi connectivity index (χ4n) is 1.25. The predicted octanol–water partition coefficient (Wildman–Crippen LogP) is 1.39. The van der Waals surface area contributed by atoms with Crippen LogP contribution in [0.4, 0.5) is 0 Å². The highest BCUT2D eigenvalue weighted by molar-refractivity contribution is 7.99. The first-order valence-electron chi connectivity index (χ1n) is 5.92. The molecular formula is C13H17NO4S. The van der Waals surface area contributed by atoms with E-state index in [1.807, 2.05) is 30.3 Å². The van der Waals surface area contributed by atoms with Gasteiger partial charge in [0.2, 0.25) is 5.91 Å². The van der Waals surface area contributed by atoms with E-state index >= 15 is 0 Å². The van der Waals surface area contributed by atoms with Crippen molar-refractivity contribution < 1.29 is 19.4 Å². The highest BCUT2D eigenvalue weighted by atomic mass is 32.2. The van der Waals surface area contributed by atoms with E-state index in [0.717, 1.165) is 5.75 Å². The van der Waals surface area contributed by atoms with E-state index in [9.17, 15) is 9.59 Å².